The molecule has 0 saturated heterocycles. The lowest BCUT2D eigenvalue weighted by Crippen LogP contribution is -2.42. The first-order valence-corrected chi connectivity index (χ1v) is 8.85. The lowest BCUT2D eigenvalue weighted by atomic mass is 10.1. The van der Waals surface area contributed by atoms with E-state index >= 15 is 0 Å². The molecule has 2 aromatic rings. The van der Waals surface area contributed by atoms with E-state index < -0.39 is 12.0 Å². The Morgan fingerprint density at radius 3 is 2.69 bits per heavy atom. The molecule has 1 amide bonds. The van der Waals surface area contributed by atoms with Crippen LogP contribution in [0.15, 0.2) is 53.0 Å². The van der Waals surface area contributed by atoms with Crippen LogP contribution in [0, 0.1) is 0 Å². The number of carbonyl (C=O) groups excluding carboxylic acids is 2. The minimum absolute atomic E-state index is 0.285. The van der Waals surface area contributed by atoms with Crippen molar-refractivity contribution in [1.29, 1.82) is 0 Å². The molecule has 1 unspecified atom stereocenters. The Bertz CT molecular complexity index is 878. The highest BCUT2D eigenvalue weighted by atomic mass is 79.9. The number of methoxy groups -OCH3 is 2. The molecule has 0 bridgehead atoms. The van der Waals surface area contributed by atoms with Gasteiger partial charge in [0.2, 0.25) is 0 Å². The van der Waals surface area contributed by atoms with Gasteiger partial charge in [0.15, 0.2) is 0 Å². The Morgan fingerprint density at radius 2 is 1.96 bits per heavy atom. The molecule has 3 rings (SSSR count). The summed E-state index contributed by atoms with van der Waals surface area (Å²) in [6, 6.07) is 12.4. The first kappa shape index (κ1) is 18.2. The summed E-state index contributed by atoms with van der Waals surface area (Å²) in [5, 5.41) is 0. The summed E-state index contributed by atoms with van der Waals surface area (Å²) in [4.78, 5) is 26.5. The molecule has 0 fully saturated rings. The summed E-state index contributed by atoms with van der Waals surface area (Å²) in [5.74, 6) is -0.0565. The van der Waals surface area contributed by atoms with Gasteiger partial charge in [-0.1, -0.05) is 34.1 Å². The fraction of sp³-hybridized carbons (Fsp3) is 0.200. The van der Waals surface area contributed by atoms with Crippen molar-refractivity contribution in [1.82, 2.24) is 0 Å². The van der Waals surface area contributed by atoms with Gasteiger partial charge < -0.3 is 9.47 Å². The van der Waals surface area contributed by atoms with E-state index in [1.807, 2.05) is 42.5 Å². The van der Waals surface area contributed by atoms with Gasteiger partial charge in [-0.2, -0.15) is 0 Å². The van der Waals surface area contributed by atoms with Gasteiger partial charge >= 0.3 is 5.97 Å². The standard InChI is InChI=1S/C20H18BrNO4/c1-25-18-9-8-15(21)11-14(18)7-10-19(23)22-16-6-4-3-5-13(16)12-17(22)20(24)26-2/h3-11,17H,12H2,1-2H3/b10-7+. The minimum Gasteiger partial charge on any atom is -0.496 e. The second kappa shape index (κ2) is 7.74. The van der Waals surface area contributed by atoms with Crippen LogP contribution in [0.25, 0.3) is 6.08 Å². The number of nitrogens with zero attached hydrogens (tertiary/aromatic N) is 1. The molecule has 1 aliphatic heterocycles. The van der Waals surface area contributed by atoms with Crippen molar-refractivity contribution in [3.05, 3.63) is 64.1 Å². The number of ether oxygens (including phenoxy) is 2. The van der Waals surface area contributed by atoms with Gasteiger partial charge in [-0.05, 0) is 35.9 Å². The molecule has 26 heavy (non-hydrogen) atoms. The first-order valence-electron chi connectivity index (χ1n) is 8.05. The predicted molar refractivity (Wildman–Crippen MR) is 103 cm³/mol. The topological polar surface area (TPSA) is 55.8 Å². The highest BCUT2D eigenvalue weighted by Crippen LogP contribution is 2.33. The number of amides is 1. The lowest BCUT2D eigenvalue weighted by molar-refractivity contribution is -0.143. The number of fused-ring (bicyclic) bond motifs is 1. The zero-order valence-corrected chi connectivity index (χ0v) is 16.0. The summed E-state index contributed by atoms with van der Waals surface area (Å²) >= 11 is 3.41. The van der Waals surface area contributed by atoms with Gasteiger partial charge in [0, 0.05) is 28.2 Å². The van der Waals surface area contributed by atoms with Crippen molar-refractivity contribution >= 4 is 39.6 Å². The third-order valence-electron chi connectivity index (χ3n) is 4.28. The van der Waals surface area contributed by atoms with E-state index in [1.54, 1.807) is 13.2 Å². The second-order valence-electron chi connectivity index (χ2n) is 5.80. The van der Waals surface area contributed by atoms with Crippen LogP contribution in [0.2, 0.25) is 0 Å². The van der Waals surface area contributed by atoms with Gasteiger partial charge in [0.25, 0.3) is 5.91 Å². The van der Waals surface area contributed by atoms with Crippen LogP contribution in [-0.4, -0.2) is 32.1 Å². The average molecular weight is 416 g/mol. The number of anilines is 1. The quantitative estimate of drug-likeness (QED) is 0.565. The van der Waals surface area contributed by atoms with Crippen molar-refractivity contribution in [3.63, 3.8) is 0 Å². The largest absolute Gasteiger partial charge is 0.496 e. The molecule has 0 aromatic heterocycles. The van der Waals surface area contributed by atoms with Gasteiger partial charge in [0.1, 0.15) is 11.8 Å². The Balaban J connectivity index is 1.92. The summed E-state index contributed by atoms with van der Waals surface area (Å²) in [7, 11) is 2.91. The maximum Gasteiger partial charge on any atom is 0.329 e. The Labute approximate surface area is 160 Å². The number of benzene rings is 2. The average Bonchev–Trinajstić information content (AvgIpc) is 3.05. The predicted octanol–water partition coefficient (Wildman–Crippen LogP) is 3.60. The van der Waals surface area contributed by atoms with Crippen molar-refractivity contribution < 1.29 is 19.1 Å². The van der Waals surface area contributed by atoms with Crippen molar-refractivity contribution in [3.8, 4) is 5.75 Å². The first-order chi connectivity index (χ1) is 12.5. The molecule has 0 aliphatic carbocycles. The Morgan fingerprint density at radius 1 is 1.19 bits per heavy atom. The Hall–Kier alpha value is -2.60. The SMILES string of the molecule is COC(=O)C1Cc2ccccc2N1C(=O)/C=C/c1cc(Br)ccc1OC. The second-order valence-corrected chi connectivity index (χ2v) is 6.72. The van der Waals surface area contributed by atoms with Crippen LogP contribution in [0.5, 0.6) is 5.75 Å². The van der Waals surface area contributed by atoms with Crippen LogP contribution in [0.1, 0.15) is 11.1 Å². The third kappa shape index (κ3) is 3.51. The van der Waals surface area contributed by atoms with Gasteiger partial charge in [-0.25, -0.2) is 4.79 Å². The Kier molecular flexibility index (Phi) is 5.42. The number of carbonyl (C=O) groups is 2. The van der Waals surface area contributed by atoms with E-state index in [9.17, 15) is 9.59 Å². The normalized spacial score (nSPS) is 15.8. The number of halogens is 1. The number of hydrogen-bond acceptors (Lipinski definition) is 4. The van der Waals surface area contributed by atoms with E-state index in [2.05, 4.69) is 15.9 Å². The van der Waals surface area contributed by atoms with Crippen LogP contribution >= 0.6 is 15.9 Å². The molecule has 1 aliphatic rings. The number of rotatable bonds is 4. The van der Waals surface area contributed by atoms with E-state index in [0.29, 0.717) is 12.2 Å². The number of para-hydroxylation sites is 1. The molecule has 1 heterocycles. The van der Waals surface area contributed by atoms with Gasteiger partial charge in [0.05, 0.1) is 14.2 Å². The smallest absolute Gasteiger partial charge is 0.329 e. The van der Waals surface area contributed by atoms with E-state index in [4.69, 9.17) is 9.47 Å². The van der Waals surface area contributed by atoms with Crippen molar-refractivity contribution in [2.24, 2.45) is 0 Å². The minimum atomic E-state index is -0.654. The van der Waals surface area contributed by atoms with Crippen LogP contribution in [0.3, 0.4) is 0 Å². The van der Waals surface area contributed by atoms with Crippen LogP contribution in [0.4, 0.5) is 5.69 Å². The molecular weight excluding hydrogens is 398 g/mol. The van der Waals surface area contributed by atoms with E-state index in [0.717, 1.165) is 21.3 Å². The van der Waals surface area contributed by atoms with Crippen LogP contribution in [-0.2, 0) is 20.7 Å². The summed E-state index contributed by atoms with van der Waals surface area (Å²) in [6.07, 6.45) is 3.58. The molecule has 0 N–H and O–H groups in total. The molecule has 0 saturated carbocycles. The maximum absolute atomic E-state index is 12.9. The fourth-order valence-electron chi connectivity index (χ4n) is 3.06. The van der Waals surface area contributed by atoms with Gasteiger partial charge in [-0.15, -0.1) is 0 Å². The molecule has 6 heteroatoms. The summed E-state index contributed by atoms with van der Waals surface area (Å²) in [6.45, 7) is 0. The zero-order chi connectivity index (χ0) is 18.7. The molecular formula is C20H18BrNO4. The zero-order valence-electron chi connectivity index (χ0n) is 14.4. The van der Waals surface area contributed by atoms with E-state index in [1.165, 1.54) is 18.1 Å². The molecule has 2 aromatic carbocycles. The van der Waals surface area contributed by atoms with Crippen molar-refractivity contribution in [2.45, 2.75) is 12.5 Å². The monoisotopic (exact) mass is 415 g/mol. The molecule has 0 spiro atoms. The molecule has 0 radical (unpaired) electrons. The van der Waals surface area contributed by atoms with Crippen molar-refractivity contribution in [2.75, 3.05) is 19.1 Å². The highest BCUT2D eigenvalue weighted by Gasteiger charge is 2.38. The van der Waals surface area contributed by atoms with Crippen LogP contribution < -0.4 is 9.64 Å². The highest BCUT2D eigenvalue weighted by molar-refractivity contribution is 9.10. The maximum atomic E-state index is 12.9. The van der Waals surface area contributed by atoms with E-state index in [-0.39, 0.29) is 5.91 Å². The summed E-state index contributed by atoms with van der Waals surface area (Å²) < 4.78 is 11.1. The third-order valence-corrected chi connectivity index (χ3v) is 4.78. The molecule has 134 valence electrons. The molecule has 1 atom stereocenters. The molecule has 5 nitrogen and oxygen atoms in total. The summed E-state index contributed by atoms with van der Waals surface area (Å²) in [5.41, 5.74) is 2.45. The number of hydrogen-bond donors (Lipinski definition) is 0. The lowest BCUT2D eigenvalue weighted by Gasteiger charge is -2.22. The van der Waals surface area contributed by atoms with Gasteiger partial charge in [-0.3, -0.25) is 9.69 Å². The number of esters is 1. The fourth-order valence-corrected chi connectivity index (χ4v) is 3.44.